The van der Waals surface area contributed by atoms with Crippen LogP contribution in [0.1, 0.15) is 66.2 Å². The van der Waals surface area contributed by atoms with Crippen LogP contribution in [0.3, 0.4) is 0 Å². The molecule has 1 aliphatic carbocycles. The second-order valence-corrected chi connectivity index (χ2v) is 9.50. The van der Waals surface area contributed by atoms with Gasteiger partial charge in [-0.1, -0.05) is 25.1 Å². The van der Waals surface area contributed by atoms with Gasteiger partial charge >= 0.3 is 11.9 Å². The zero-order valence-corrected chi connectivity index (χ0v) is 22.4. The van der Waals surface area contributed by atoms with Crippen molar-refractivity contribution in [3.63, 3.8) is 0 Å². The van der Waals surface area contributed by atoms with Crippen molar-refractivity contribution in [2.75, 3.05) is 7.11 Å². The van der Waals surface area contributed by atoms with Crippen LogP contribution in [-0.4, -0.2) is 42.1 Å². The SMILES string of the molecule is CCCC(=O)Oc1c(OC)ccnc1C(=O)N[C@@H](C)C(=O)OC1CCc2cc(F)ccc2C1c1ccc(F)cc1. The third kappa shape index (κ3) is 6.44. The molecule has 10 heteroatoms. The summed E-state index contributed by atoms with van der Waals surface area (Å²) >= 11 is 0. The van der Waals surface area contributed by atoms with E-state index in [9.17, 15) is 23.2 Å². The first-order valence-electron chi connectivity index (χ1n) is 13.0. The Balaban J connectivity index is 1.53. The minimum absolute atomic E-state index is 0.133. The minimum atomic E-state index is -1.09. The van der Waals surface area contributed by atoms with E-state index in [1.54, 1.807) is 18.2 Å². The van der Waals surface area contributed by atoms with E-state index in [0.29, 0.717) is 24.8 Å². The van der Waals surface area contributed by atoms with Crippen molar-refractivity contribution in [1.82, 2.24) is 10.3 Å². The maximum absolute atomic E-state index is 13.9. The van der Waals surface area contributed by atoms with Crippen molar-refractivity contribution >= 4 is 17.8 Å². The number of hydrogen-bond acceptors (Lipinski definition) is 7. The summed E-state index contributed by atoms with van der Waals surface area (Å²) in [6, 6.07) is 10.7. The molecule has 4 rings (SSSR count). The fourth-order valence-corrected chi connectivity index (χ4v) is 4.75. The highest BCUT2D eigenvalue weighted by molar-refractivity contribution is 5.98. The van der Waals surface area contributed by atoms with Gasteiger partial charge in [-0.05, 0) is 67.1 Å². The zero-order valence-electron chi connectivity index (χ0n) is 22.4. The highest BCUT2D eigenvalue weighted by Crippen LogP contribution is 2.39. The number of nitrogens with one attached hydrogen (secondary N) is 1. The van der Waals surface area contributed by atoms with Crippen LogP contribution in [0, 0.1) is 11.6 Å². The predicted molar refractivity (Wildman–Crippen MR) is 141 cm³/mol. The molecule has 1 heterocycles. The molecule has 0 aliphatic heterocycles. The lowest BCUT2D eigenvalue weighted by atomic mass is 9.77. The van der Waals surface area contributed by atoms with Gasteiger partial charge in [-0.15, -0.1) is 0 Å². The highest BCUT2D eigenvalue weighted by atomic mass is 19.1. The molecule has 0 radical (unpaired) electrons. The molecule has 1 amide bonds. The van der Waals surface area contributed by atoms with Crippen LogP contribution in [0.5, 0.6) is 11.5 Å². The van der Waals surface area contributed by atoms with Gasteiger partial charge in [0.1, 0.15) is 23.8 Å². The molecule has 1 aliphatic rings. The highest BCUT2D eigenvalue weighted by Gasteiger charge is 2.35. The first-order valence-corrected chi connectivity index (χ1v) is 13.0. The minimum Gasteiger partial charge on any atom is -0.493 e. The van der Waals surface area contributed by atoms with E-state index in [1.807, 2.05) is 6.92 Å². The molecule has 0 spiro atoms. The zero-order chi connectivity index (χ0) is 28.8. The Morgan fingerprint density at radius 3 is 2.50 bits per heavy atom. The van der Waals surface area contributed by atoms with Gasteiger partial charge < -0.3 is 19.5 Å². The van der Waals surface area contributed by atoms with Gasteiger partial charge in [0, 0.05) is 24.6 Å². The fourth-order valence-electron chi connectivity index (χ4n) is 4.75. The van der Waals surface area contributed by atoms with Gasteiger partial charge in [-0.25, -0.2) is 18.6 Å². The molecule has 0 bridgehead atoms. The Hall–Kier alpha value is -4.34. The quantitative estimate of drug-likeness (QED) is 0.377. The number of rotatable bonds is 9. The van der Waals surface area contributed by atoms with Crippen molar-refractivity contribution in [2.24, 2.45) is 0 Å². The van der Waals surface area contributed by atoms with Gasteiger partial charge in [0.2, 0.25) is 5.75 Å². The largest absolute Gasteiger partial charge is 0.493 e. The summed E-state index contributed by atoms with van der Waals surface area (Å²) in [6.45, 7) is 3.27. The number of benzene rings is 2. The average Bonchev–Trinajstić information content (AvgIpc) is 2.93. The topological polar surface area (TPSA) is 104 Å². The number of esters is 2. The standard InChI is InChI=1S/C30H30F2N2O6/c1-4-5-25(35)40-28-24(38-3)14-15-33-27(28)29(36)34-17(2)30(37)39-23-13-8-19-16-21(32)11-12-22(19)26(23)18-6-9-20(31)10-7-18/h6-7,9-12,14-17,23,26H,4-5,8,13H2,1-3H3,(H,34,36)/t17-,23?,26?/m0/s1. The molecule has 40 heavy (non-hydrogen) atoms. The maximum Gasteiger partial charge on any atom is 0.328 e. The molecule has 3 atom stereocenters. The van der Waals surface area contributed by atoms with Gasteiger partial charge in [0.05, 0.1) is 7.11 Å². The van der Waals surface area contributed by atoms with Gasteiger partial charge in [0.15, 0.2) is 11.4 Å². The third-order valence-electron chi connectivity index (χ3n) is 6.68. The number of carbonyl (C=O) groups excluding carboxylic acids is 3. The Bertz CT molecular complexity index is 1400. The van der Waals surface area contributed by atoms with Gasteiger partial charge in [0.25, 0.3) is 5.91 Å². The lowest BCUT2D eigenvalue weighted by molar-refractivity contribution is -0.152. The summed E-state index contributed by atoms with van der Waals surface area (Å²) in [4.78, 5) is 42.4. The van der Waals surface area contributed by atoms with E-state index in [1.165, 1.54) is 50.6 Å². The molecule has 0 saturated carbocycles. The van der Waals surface area contributed by atoms with Crippen LogP contribution in [-0.2, 0) is 20.7 Å². The molecule has 1 N–H and O–H groups in total. The number of aryl methyl sites for hydroxylation is 1. The number of pyridine rings is 1. The lowest BCUT2D eigenvalue weighted by Crippen LogP contribution is -2.43. The van der Waals surface area contributed by atoms with Crippen molar-refractivity contribution < 1.29 is 37.4 Å². The van der Waals surface area contributed by atoms with E-state index >= 15 is 0 Å². The molecule has 1 aromatic heterocycles. The van der Waals surface area contributed by atoms with E-state index in [-0.39, 0.29) is 29.4 Å². The number of ether oxygens (including phenoxy) is 3. The Morgan fingerprint density at radius 1 is 1.07 bits per heavy atom. The van der Waals surface area contributed by atoms with Crippen molar-refractivity contribution in [3.05, 3.63) is 88.7 Å². The van der Waals surface area contributed by atoms with Crippen LogP contribution < -0.4 is 14.8 Å². The maximum atomic E-state index is 13.9. The van der Waals surface area contributed by atoms with E-state index in [0.717, 1.165) is 11.1 Å². The summed E-state index contributed by atoms with van der Waals surface area (Å²) < 4.78 is 44.0. The molecular weight excluding hydrogens is 522 g/mol. The monoisotopic (exact) mass is 552 g/mol. The van der Waals surface area contributed by atoms with Crippen LogP contribution in [0.15, 0.2) is 54.7 Å². The Morgan fingerprint density at radius 2 is 1.80 bits per heavy atom. The molecule has 2 aromatic carbocycles. The Labute approximate surface area is 230 Å². The Kier molecular flexibility index (Phi) is 9.08. The fraction of sp³-hybridized carbons (Fsp3) is 0.333. The summed E-state index contributed by atoms with van der Waals surface area (Å²) in [5.74, 6) is -3.26. The molecule has 2 unspecified atom stereocenters. The van der Waals surface area contributed by atoms with E-state index < -0.39 is 41.7 Å². The summed E-state index contributed by atoms with van der Waals surface area (Å²) in [5.41, 5.74) is 2.06. The predicted octanol–water partition coefficient (Wildman–Crippen LogP) is 4.88. The normalized spacial score (nSPS) is 16.8. The number of fused-ring (bicyclic) bond motifs is 1. The number of nitrogens with zero attached hydrogens (tertiary/aromatic N) is 1. The number of amides is 1. The third-order valence-corrected chi connectivity index (χ3v) is 6.68. The molecule has 8 nitrogen and oxygen atoms in total. The van der Waals surface area contributed by atoms with Crippen molar-refractivity contribution in [1.29, 1.82) is 0 Å². The number of carbonyl (C=O) groups is 3. The summed E-state index contributed by atoms with van der Waals surface area (Å²) in [6.07, 6.45) is 2.24. The molecule has 3 aromatic rings. The second kappa shape index (κ2) is 12.7. The van der Waals surface area contributed by atoms with Crippen molar-refractivity contribution in [3.8, 4) is 11.5 Å². The molecule has 0 fully saturated rings. The van der Waals surface area contributed by atoms with E-state index in [2.05, 4.69) is 10.3 Å². The van der Waals surface area contributed by atoms with Crippen LogP contribution >= 0.6 is 0 Å². The smallest absolute Gasteiger partial charge is 0.328 e. The van der Waals surface area contributed by atoms with Crippen LogP contribution in [0.4, 0.5) is 8.78 Å². The van der Waals surface area contributed by atoms with Gasteiger partial charge in [-0.2, -0.15) is 0 Å². The number of hydrogen-bond donors (Lipinski definition) is 1. The molecule has 210 valence electrons. The second-order valence-electron chi connectivity index (χ2n) is 9.50. The lowest BCUT2D eigenvalue weighted by Gasteiger charge is -2.34. The van der Waals surface area contributed by atoms with Crippen LogP contribution in [0.2, 0.25) is 0 Å². The first kappa shape index (κ1) is 28.7. The van der Waals surface area contributed by atoms with E-state index in [4.69, 9.17) is 14.2 Å². The number of halogens is 2. The first-order chi connectivity index (χ1) is 19.2. The average molecular weight is 553 g/mol. The molecular formula is C30H30F2N2O6. The van der Waals surface area contributed by atoms with Crippen molar-refractivity contribution in [2.45, 2.75) is 57.6 Å². The summed E-state index contributed by atoms with van der Waals surface area (Å²) in [7, 11) is 1.36. The number of methoxy groups -OCH3 is 1. The molecule has 0 saturated heterocycles. The van der Waals surface area contributed by atoms with Gasteiger partial charge in [-0.3, -0.25) is 9.59 Å². The number of aromatic nitrogens is 1. The van der Waals surface area contributed by atoms with Crippen LogP contribution in [0.25, 0.3) is 0 Å². The summed E-state index contributed by atoms with van der Waals surface area (Å²) in [5, 5.41) is 2.55.